The summed E-state index contributed by atoms with van der Waals surface area (Å²) in [6.07, 6.45) is 0.713. The number of amidine groups is 1. The molecule has 0 spiro atoms. The lowest BCUT2D eigenvalue weighted by Gasteiger charge is -2.17. The lowest BCUT2D eigenvalue weighted by atomic mass is 10.0. The Hall–Kier alpha value is -3.69. The van der Waals surface area contributed by atoms with Crippen LogP contribution >= 0.6 is 23.5 Å². The molecular formula is C29H27N5O2S2. The van der Waals surface area contributed by atoms with Gasteiger partial charge in [0.1, 0.15) is 11.5 Å². The van der Waals surface area contributed by atoms with Crippen molar-refractivity contribution in [3.05, 3.63) is 93.4 Å². The first kappa shape index (κ1) is 24.6. The van der Waals surface area contributed by atoms with Crippen molar-refractivity contribution in [3.63, 3.8) is 0 Å². The van der Waals surface area contributed by atoms with E-state index in [4.69, 9.17) is 15.5 Å². The molecule has 1 saturated heterocycles. The van der Waals surface area contributed by atoms with Gasteiger partial charge in [-0.25, -0.2) is 9.98 Å². The van der Waals surface area contributed by atoms with Crippen molar-refractivity contribution in [3.8, 4) is 0 Å². The Bertz CT molecular complexity index is 1520. The summed E-state index contributed by atoms with van der Waals surface area (Å²) in [5.74, 6) is 0.534. The minimum Gasteiger partial charge on any atom is -0.476 e. The molecule has 3 aromatic rings. The topological polar surface area (TPSA) is 83.5 Å². The average molecular weight is 542 g/mol. The largest absolute Gasteiger partial charge is 0.476 e. The fourth-order valence-electron chi connectivity index (χ4n) is 4.72. The third-order valence-corrected chi connectivity index (χ3v) is 9.07. The number of nitrogens with two attached hydrogens (primary N) is 1. The lowest BCUT2D eigenvalue weighted by molar-refractivity contribution is -0.122. The van der Waals surface area contributed by atoms with E-state index in [-0.39, 0.29) is 5.91 Å². The second kappa shape index (κ2) is 10.2. The molecule has 3 aliphatic heterocycles. The second-order valence-electron chi connectivity index (χ2n) is 9.09. The van der Waals surface area contributed by atoms with Gasteiger partial charge in [-0.1, -0.05) is 61.2 Å². The van der Waals surface area contributed by atoms with Gasteiger partial charge >= 0.3 is 0 Å². The van der Waals surface area contributed by atoms with Crippen LogP contribution in [0.5, 0.6) is 0 Å². The van der Waals surface area contributed by atoms with E-state index in [1.54, 1.807) is 16.7 Å². The van der Waals surface area contributed by atoms with Gasteiger partial charge in [0.25, 0.3) is 5.91 Å². The molecule has 1 fully saturated rings. The number of hydrogen-bond donors (Lipinski definition) is 1. The molecule has 0 aliphatic carbocycles. The first-order valence-corrected chi connectivity index (χ1v) is 14.1. The zero-order chi connectivity index (χ0) is 26.2. The first-order valence-electron chi connectivity index (χ1n) is 12.5. The van der Waals surface area contributed by atoms with Crippen molar-refractivity contribution < 1.29 is 9.53 Å². The van der Waals surface area contributed by atoms with Crippen LogP contribution in [0.4, 0.5) is 17.1 Å². The fourth-order valence-corrected chi connectivity index (χ4v) is 7.06. The smallest absolute Gasteiger partial charge is 0.269 e. The van der Waals surface area contributed by atoms with Gasteiger partial charge in [-0.05, 0) is 48.0 Å². The predicted octanol–water partition coefficient (Wildman–Crippen LogP) is 5.78. The molecule has 192 valence electrons. The van der Waals surface area contributed by atoms with Gasteiger partial charge < -0.3 is 15.4 Å². The highest BCUT2D eigenvalue weighted by atomic mass is 32.2. The molecule has 0 aromatic heterocycles. The maximum Gasteiger partial charge on any atom is 0.269 e. The highest BCUT2D eigenvalue weighted by Gasteiger charge is 2.39. The molecule has 0 atom stereocenters. The van der Waals surface area contributed by atoms with Crippen LogP contribution in [0.25, 0.3) is 0 Å². The van der Waals surface area contributed by atoms with Crippen LogP contribution in [0.15, 0.2) is 91.5 Å². The Morgan fingerprint density at radius 2 is 1.87 bits per heavy atom. The number of carbonyl (C=O) groups is 1. The van der Waals surface area contributed by atoms with Crippen molar-refractivity contribution >= 4 is 57.6 Å². The van der Waals surface area contributed by atoms with Gasteiger partial charge in [-0.3, -0.25) is 9.69 Å². The van der Waals surface area contributed by atoms with Crippen LogP contribution in [0.2, 0.25) is 0 Å². The predicted molar refractivity (Wildman–Crippen MR) is 157 cm³/mol. The number of fused-ring (bicyclic) bond motifs is 1. The van der Waals surface area contributed by atoms with Crippen molar-refractivity contribution in [2.75, 3.05) is 30.8 Å². The van der Waals surface area contributed by atoms with E-state index in [0.717, 1.165) is 38.0 Å². The molecule has 3 heterocycles. The number of benzene rings is 3. The summed E-state index contributed by atoms with van der Waals surface area (Å²) in [7, 11) is 2.01. The van der Waals surface area contributed by atoms with E-state index < -0.39 is 0 Å². The molecule has 3 aliphatic rings. The molecule has 7 nitrogen and oxygen atoms in total. The summed E-state index contributed by atoms with van der Waals surface area (Å²) in [4.78, 5) is 29.2. The van der Waals surface area contributed by atoms with Gasteiger partial charge in [-0.2, -0.15) is 0 Å². The van der Waals surface area contributed by atoms with Crippen LogP contribution in [0.3, 0.4) is 0 Å². The van der Waals surface area contributed by atoms with Crippen LogP contribution in [-0.2, 0) is 22.5 Å². The summed E-state index contributed by atoms with van der Waals surface area (Å²) in [5, 5.41) is 1.55. The summed E-state index contributed by atoms with van der Waals surface area (Å²) in [6.45, 7) is 3.68. The van der Waals surface area contributed by atoms with Gasteiger partial charge in [0.2, 0.25) is 5.90 Å². The third-order valence-electron chi connectivity index (χ3n) is 6.64. The van der Waals surface area contributed by atoms with E-state index in [0.29, 0.717) is 47.8 Å². The van der Waals surface area contributed by atoms with Crippen LogP contribution in [0, 0.1) is 0 Å². The molecule has 0 unspecified atom stereocenters. The number of anilines is 2. The maximum absolute atomic E-state index is 14.0. The Labute approximate surface area is 230 Å². The molecular weight excluding hydrogens is 514 g/mol. The minimum absolute atomic E-state index is 0.0505. The highest BCUT2D eigenvalue weighted by molar-refractivity contribution is 8.19. The lowest BCUT2D eigenvalue weighted by Crippen LogP contribution is -2.29. The van der Waals surface area contributed by atoms with Gasteiger partial charge in [-0.15, -0.1) is 0 Å². The second-order valence-corrected chi connectivity index (χ2v) is 11.1. The molecule has 2 N–H and O–H groups in total. The normalized spacial score (nSPS) is 19.8. The number of nitrogens with zero attached hydrogens (tertiary/aromatic N) is 4. The quantitative estimate of drug-likeness (QED) is 0.326. The fraction of sp³-hybridized carbons (Fsp3) is 0.207. The van der Waals surface area contributed by atoms with E-state index >= 15 is 0 Å². The zero-order valence-corrected chi connectivity index (χ0v) is 22.8. The molecule has 6 rings (SSSR count). The molecule has 0 saturated carbocycles. The first-order chi connectivity index (χ1) is 18.5. The van der Waals surface area contributed by atoms with Gasteiger partial charge in [0.15, 0.2) is 5.17 Å². The maximum atomic E-state index is 14.0. The number of aliphatic imine (C=N–C) groups is 2. The number of carbonyl (C=O) groups excluding carboxylic acids is 1. The van der Waals surface area contributed by atoms with E-state index in [1.807, 2.05) is 61.6 Å². The molecule has 0 radical (unpaired) electrons. The van der Waals surface area contributed by atoms with Crippen molar-refractivity contribution in [2.24, 2.45) is 9.98 Å². The van der Waals surface area contributed by atoms with Gasteiger partial charge in [0, 0.05) is 28.8 Å². The van der Waals surface area contributed by atoms with Crippen molar-refractivity contribution in [1.29, 1.82) is 0 Å². The van der Waals surface area contributed by atoms with Gasteiger partial charge in [0.05, 0.1) is 29.5 Å². The van der Waals surface area contributed by atoms with Crippen LogP contribution in [0.1, 0.15) is 23.6 Å². The van der Waals surface area contributed by atoms with Crippen molar-refractivity contribution in [1.82, 2.24) is 4.90 Å². The Morgan fingerprint density at radius 3 is 2.61 bits per heavy atom. The number of nitrogen functional groups attached to an aromatic ring is 1. The number of rotatable bonds is 5. The average Bonchev–Trinajstić information content (AvgIpc) is 3.65. The summed E-state index contributed by atoms with van der Waals surface area (Å²) in [6, 6.07) is 22.1. The Balaban J connectivity index is 1.45. The zero-order valence-electron chi connectivity index (χ0n) is 21.2. The monoisotopic (exact) mass is 541 g/mol. The van der Waals surface area contributed by atoms with E-state index in [1.165, 1.54) is 11.8 Å². The summed E-state index contributed by atoms with van der Waals surface area (Å²) < 4.78 is 5.70. The van der Waals surface area contributed by atoms with E-state index in [9.17, 15) is 4.79 Å². The Morgan fingerprint density at radius 1 is 1.08 bits per heavy atom. The summed E-state index contributed by atoms with van der Waals surface area (Å²) >= 11 is 3.04. The van der Waals surface area contributed by atoms with E-state index in [2.05, 4.69) is 28.9 Å². The number of para-hydroxylation sites is 1. The minimum atomic E-state index is -0.0505. The molecule has 9 heteroatoms. The SMILES string of the molecule is CCc1c(N)cc(C2=NCCO2)cc1N=C1SC(=C2Sc3ccccc3N2C)C(=O)N1Cc1ccccc1. The summed E-state index contributed by atoms with van der Waals surface area (Å²) in [5.41, 5.74) is 11.7. The number of thioether (sulfide) groups is 2. The van der Waals surface area contributed by atoms with Crippen LogP contribution in [-0.4, -0.2) is 42.1 Å². The third kappa shape index (κ3) is 4.46. The Kier molecular flexibility index (Phi) is 6.63. The highest BCUT2D eigenvalue weighted by Crippen LogP contribution is 2.50. The molecule has 1 amide bonds. The number of ether oxygens (including phenoxy) is 1. The molecule has 0 bridgehead atoms. The molecule has 3 aromatic carbocycles. The number of hydrogen-bond acceptors (Lipinski definition) is 8. The number of amides is 1. The molecule has 38 heavy (non-hydrogen) atoms. The van der Waals surface area contributed by atoms with Crippen molar-refractivity contribution in [2.45, 2.75) is 24.8 Å². The standard InChI is InChI=1S/C29H27N5O2S2/c1-3-20-21(30)15-19(26-31-13-14-36-26)16-22(20)32-29-34(17-18-9-5-4-6-10-18)27(35)25(38-29)28-33(2)23-11-7-8-12-24(23)37-28/h4-12,15-16H,3,13-14,17,30H2,1-2H3. The van der Waals surface area contributed by atoms with Crippen LogP contribution < -0.4 is 10.6 Å².